The second-order valence-electron chi connectivity index (χ2n) is 8.34. The Hall–Kier alpha value is -3.54. The van der Waals surface area contributed by atoms with Crippen LogP contribution in [0.3, 0.4) is 0 Å². The Bertz CT molecular complexity index is 1120. The molecule has 2 heterocycles. The molecule has 0 unspecified atom stereocenters. The minimum Gasteiger partial charge on any atom is -0.274 e. The Kier molecular flexibility index (Phi) is 4.58. The predicted octanol–water partition coefficient (Wildman–Crippen LogP) is 3.48. The molecule has 2 saturated heterocycles. The summed E-state index contributed by atoms with van der Waals surface area (Å²) in [6.45, 7) is 1.84. The van der Waals surface area contributed by atoms with Crippen LogP contribution in [0.2, 0.25) is 0 Å². The number of fused-ring (bicyclic) bond motifs is 1. The summed E-state index contributed by atoms with van der Waals surface area (Å²) in [4.78, 5) is 54.7. The monoisotopic (exact) mass is 414 g/mol. The number of amides is 4. The van der Waals surface area contributed by atoms with E-state index in [1.165, 1.54) is 9.80 Å². The molecule has 2 fully saturated rings. The fourth-order valence-electron chi connectivity index (χ4n) is 5.25. The van der Waals surface area contributed by atoms with Gasteiger partial charge >= 0.3 is 0 Å². The molecular weight excluding hydrogens is 392 g/mol. The maximum absolute atomic E-state index is 13.3. The van der Waals surface area contributed by atoms with Gasteiger partial charge in [-0.15, -0.1) is 0 Å². The van der Waals surface area contributed by atoms with Crippen molar-refractivity contribution in [2.24, 2.45) is 17.8 Å². The van der Waals surface area contributed by atoms with Crippen LogP contribution in [0.1, 0.15) is 26.2 Å². The van der Waals surface area contributed by atoms with E-state index in [-0.39, 0.29) is 30.0 Å². The molecule has 31 heavy (non-hydrogen) atoms. The van der Waals surface area contributed by atoms with Crippen molar-refractivity contribution in [3.8, 4) is 0 Å². The minimum absolute atomic E-state index is 0.0995. The van der Waals surface area contributed by atoms with E-state index in [1.807, 2.05) is 19.1 Å². The molecule has 3 aliphatic rings. The molecule has 0 N–H and O–H groups in total. The van der Waals surface area contributed by atoms with Crippen molar-refractivity contribution >= 4 is 35.0 Å². The molecule has 0 aromatic heterocycles. The number of anilines is 2. The van der Waals surface area contributed by atoms with Crippen LogP contribution in [0.25, 0.3) is 0 Å². The first-order valence-electron chi connectivity index (χ1n) is 10.5. The highest BCUT2D eigenvalue weighted by atomic mass is 16.2. The Labute approximate surface area is 180 Å². The first kappa shape index (κ1) is 19.4. The van der Waals surface area contributed by atoms with Crippen LogP contribution in [0.4, 0.5) is 11.4 Å². The number of benzene rings is 2. The average Bonchev–Trinajstić information content (AvgIpc) is 3.22. The van der Waals surface area contributed by atoms with Gasteiger partial charge in [0.1, 0.15) is 0 Å². The van der Waals surface area contributed by atoms with Crippen molar-refractivity contribution in [2.45, 2.75) is 26.2 Å². The van der Waals surface area contributed by atoms with Gasteiger partial charge in [0.15, 0.2) is 0 Å². The number of para-hydroxylation sites is 2. The molecule has 5 rings (SSSR count). The molecule has 0 saturated carbocycles. The van der Waals surface area contributed by atoms with E-state index in [4.69, 9.17) is 0 Å². The zero-order valence-electron chi connectivity index (χ0n) is 17.2. The molecule has 2 aromatic rings. The van der Waals surface area contributed by atoms with Gasteiger partial charge in [-0.1, -0.05) is 47.5 Å². The normalized spacial score (nSPS) is 26.2. The van der Waals surface area contributed by atoms with Gasteiger partial charge in [-0.3, -0.25) is 24.1 Å². The summed E-state index contributed by atoms with van der Waals surface area (Å²) in [5, 5.41) is 0. The standard InChI is InChI=1S/C25H22N2O4/c1-15-18(20-14-21(28)26(24(20)30)16-8-4-2-5-9-16)12-13-19-22(15)25(31)27(23(19)29)17-10-6-3-7-11-17/h2-11,19-20,22H,12-14H2,1H3/t19-,20-,22+/m0/s1. The molecule has 1 aliphatic carbocycles. The lowest BCUT2D eigenvalue weighted by atomic mass is 9.73. The lowest BCUT2D eigenvalue weighted by molar-refractivity contribution is -0.123. The summed E-state index contributed by atoms with van der Waals surface area (Å²) in [5.74, 6) is -2.45. The molecule has 0 bridgehead atoms. The molecule has 6 heteroatoms. The SMILES string of the molecule is CC1=C([C@@H]2CC(=O)N(c3ccccc3)C2=O)CC[C@@H]2C(=O)N(c3ccccc3)C(=O)[C@H]12. The zero-order valence-corrected chi connectivity index (χ0v) is 17.2. The molecular formula is C25H22N2O4. The molecule has 6 nitrogen and oxygen atoms in total. The van der Waals surface area contributed by atoms with E-state index in [0.717, 1.165) is 11.1 Å². The quantitative estimate of drug-likeness (QED) is 0.569. The molecule has 2 aromatic carbocycles. The average molecular weight is 414 g/mol. The predicted molar refractivity (Wildman–Crippen MR) is 115 cm³/mol. The fourth-order valence-corrected chi connectivity index (χ4v) is 5.25. The molecule has 0 spiro atoms. The van der Waals surface area contributed by atoms with Crippen molar-refractivity contribution in [3.63, 3.8) is 0 Å². The van der Waals surface area contributed by atoms with Crippen LogP contribution in [0.15, 0.2) is 71.8 Å². The van der Waals surface area contributed by atoms with Crippen molar-refractivity contribution < 1.29 is 19.2 Å². The maximum atomic E-state index is 13.3. The Morgan fingerprint density at radius 2 is 1.32 bits per heavy atom. The van der Waals surface area contributed by atoms with E-state index >= 15 is 0 Å². The van der Waals surface area contributed by atoms with E-state index in [2.05, 4.69) is 0 Å². The number of imide groups is 2. The summed E-state index contributed by atoms with van der Waals surface area (Å²) in [6, 6.07) is 17.8. The molecule has 0 radical (unpaired) electrons. The number of rotatable bonds is 3. The van der Waals surface area contributed by atoms with Gasteiger partial charge in [0.25, 0.3) is 0 Å². The molecule has 2 aliphatic heterocycles. The van der Waals surface area contributed by atoms with Crippen LogP contribution in [0, 0.1) is 17.8 Å². The van der Waals surface area contributed by atoms with Gasteiger partial charge in [-0.2, -0.15) is 0 Å². The number of hydrogen-bond donors (Lipinski definition) is 0. The second-order valence-corrected chi connectivity index (χ2v) is 8.34. The van der Waals surface area contributed by atoms with Crippen LogP contribution in [-0.4, -0.2) is 23.6 Å². The third-order valence-corrected chi connectivity index (χ3v) is 6.72. The first-order chi connectivity index (χ1) is 15.0. The van der Waals surface area contributed by atoms with Gasteiger partial charge < -0.3 is 0 Å². The smallest absolute Gasteiger partial charge is 0.241 e. The van der Waals surface area contributed by atoms with Crippen LogP contribution in [-0.2, 0) is 19.2 Å². The lowest BCUT2D eigenvalue weighted by Gasteiger charge is -2.28. The minimum atomic E-state index is -0.567. The van der Waals surface area contributed by atoms with Crippen LogP contribution >= 0.6 is 0 Å². The van der Waals surface area contributed by atoms with Crippen LogP contribution in [0.5, 0.6) is 0 Å². The Balaban J connectivity index is 1.48. The molecule has 156 valence electrons. The second kappa shape index (κ2) is 7.30. The van der Waals surface area contributed by atoms with Gasteiger partial charge in [-0.25, -0.2) is 4.90 Å². The van der Waals surface area contributed by atoms with Crippen molar-refractivity contribution in [2.75, 3.05) is 9.80 Å². The number of carbonyl (C=O) groups is 4. The first-order valence-corrected chi connectivity index (χ1v) is 10.5. The summed E-state index contributed by atoms with van der Waals surface area (Å²) < 4.78 is 0. The highest BCUT2D eigenvalue weighted by Gasteiger charge is 2.53. The van der Waals surface area contributed by atoms with Gasteiger partial charge in [0, 0.05) is 6.42 Å². The number of nitrogens with zero attached hydrogens (tertiary/aromatic N) is 2. The maximum Gasteiger partial charge on any atom is 0.241 e. The van der Waals surface area contributed by atoms with Crippen LogP contribution < -0.4 is 9.80 Å². The van der Waals surface area contributed by atoms with Crippen molar-refractivity contribution in [1.29, 1.82) is 0 Å². The summed E-state index contributed by atoms with van der Waals surface area (Å²) >= 11 is 0. The topological polar surface area (TPSA) is 74.8 Å². The largest absolute Gasteiger partial charge is 0.274 e. The molecule has 4 amide bonds. The summed E-state index contributed by atoms with van der Waals surface area (Å²) in [5.41, 5.74) is 2.75. The van der Waals surface area contributed by atoms with Crippen molar-refractivity contribution in [3.05, 3.63) is 71.8 Å². The highest BCUT2D eigenvalue weighted by Crippen LogP contribution is 2.46. The molecule has 3 atom stereocenters. The fraction of sp³-hybridized carbons (Fsp3) is 0.280. The Morgan fingerprint density at radius 1 is 0.742 bits per heavy atom. The van der Waals surface area contributed by atoms with Gasteiger partial charge in [-0.05, 0) is 44.0 Å². The number of carbonyl (C=O) groups excluding carboxylic acids is 4. The third-order valence-electron chi connectivity index (χ3n) is 6.72. The van der Waals surface area contributed by atoms with Gasteiger partial charge in [0.05, 0.1) is 29.1 Å². The summed E-state index contributed by atoms with van der Waals surface area (Å²) in [6.07, 6.45) is 1.15. The van der Waals surface area contributed by atoms with E-state index in [0.29, 0.717) is 24.2 Å². The Morgan fingerprint density at radius 3 is 1.94 bits per heavy atom. The third kappa shape index (κ3) is 2.93. The van der Waals surface area contributed by atoms with E-state index in [9.17, 15) is 19.2 Å². The number of hydrogen-bond acceptors (Lipinski definition) is 4. The lowest BCUT2D eigenvalue weighted by Crippen LogP contribution is -2.32. The zero-order chi connectivity index (χ0) is 21.7. The van der Waals surface area contributed by atoms with Gasteiger partial charge in [0.2, 0.25) is 23.6 Å². The van der Waals surface area contributed by atoms with E-state index in [1.54, 1.807) is 48.5 Å². The highest BCUT2D eigenvalue weighted by molar-refractivity contribution is 6.24. The van der Waals surface area contributed by atoms with Crippen molar-refractivity contribution in [1.82, 2.24) is 0 Å². The van der Waals surface area contributed by atoms with E-state index < -0.39 is 17.8 Å². The summed E-state index contributed by atoms with van der Waals surface area (Å²) in [7, 11) is 0.